The van der Waals surface area contributed by atoms with Gasteiger partial charge in [0, 0.05) is 16.8 Å². The maximum Gasteiger partial charge on any atom is 0.262 e. The summed E-state index contributed by atoms with van der Waals surface area (Å²) in [6.07, 6.45) is 0. The molecule has 4 aromatic rings. The maximum absolute atomic E-state index is 13.0. The van der Waals surface area contributed by atoms with Crippen molar-refractivity contribution in [3.05, 3.63) is 96.3 Å². The molecule has 0 saturated heterocycles. The molecule has 0 spiro atoms. The molecule has 0 bridgehead atoms. The number of nitrogens with one attached hydrogen (secondary N) is 2. The molecule has 0 aliphatic rings. The Kier molecular flexibility index (Phi) is 6.28. The Morgan fingerprint density at radius 1 is 0.939 bits per heavy atom. The highest BCUT2D eigenvalue weighted by Gasteiger charge is 2.16. The van der Waals surface area contributed by atoms with Gasteiger partial charge in [-0.15, -0.1) is 0 Å². The molecule has 0 radical (unpaired) electrons. The van der Waals surface area contributed by atoms with Crippen LogP contribution >= 0.6 is 0 Å². The van der Waals surface area contributed by atoms with E-state index in [-0.39, 0.29) is 23.1 Å². The highest BCUT2D eigenvalue weighted by Crippen LogP contribution is 2.25. The minimum atomic E-state index is -3.87. The Bertz CT molecular complexity index is 1420. The molecular formula is C25H21FN2O4S. The molecule has 0 fully saturated rings. The predicted molar refractivity (Wildman–Crippen MR) is 126 cm³/mol. The largest absolute Gasteiger partial charge is 0.483 e. The monoisotopic (exact) mass is 464 g/mol. The fourth-order valence-corrected chi connectivity index (χ4v) is 4.49. The number of hydrogen-bond acceptors (Lipinski definition) is 4. The van der Waals surface area contributed by atoms with E-state index in [1.807, 2.05) is 42.5 Å². The van der Waals surface area contributed by atoms with Crippen LogP contribution in [-0.2, 0) is 14.8 Å². The lowest BCUT2D eigenvalue weighted by molar-refractivity contribution is -0.118. The number of anilines is 2. The average Bonchev–Trinajstić information content (AvgIpc) is 2.80. The van der Waals surface area contributed by atoms with E-state index in [2.05, 4.69) is 10.0 Å². The molecule has 0 atom stereocenters. The van der Waals surface area contributed by atoms with Gasteiger partial charge < -0.3 is 10.1 Å². The Balaban J connectivity index is 1.42. The van der Waals surface area contributed by atoms with Crippen molar-refractivity contribution >= 4 is 38.1 Å². The van der Waals surface area contributed by atoms with Gasteiger partial charge in [0.25, 0.3) is 15.9 Å². The zero-order chi connectivity index (χ0) is 23.4. The number of rotatable bonds is 7. The number of hydrogen-bond donors (Lipinski definition) is 2. The van der Waals surface area contributed by atoms with Crippen LogP contribution in [0.25, 0.3) is 10.8 Å². The molecular weight excluding hydrogens is 443 g/mol. The van der Waals surface area contributed by atoms with E-state index in [4.69, 9.17) is 4.74 Å². The van der Waals surface area contributed by atoms with Crippen LogP contribution in [0.2, 0.25) is 0 Å². The fourth-order valence-electron chi connectivity index (χ4n) is 3.35. The topological polar surface area (TPSA) is 84.5 Å². The van der Waals surface area contributed by atoms with Gasteiger partial charge in [0.1, 0.15) is 11.6 Å². The lowest BCUT2D eigenvalue weighted by atomic mass is 10.1. The van der Waals surface area contributed by atoms with Crippen molar-refractivity contribution in [3.63, 3.8) is 0 Å². The average molecular weight is 465 g/mol. The van der Waals surface area contributed by atoms with Crippen LogP contribution in [0.5, 0.6) is 5.75 Å². The molecule has 2 N–H and O–H groups in total. The first-order valence-corrected chi connectivity index (χ1v) is 11.6. The third-order valence-electron chi connectivity index (χ3n) is 4.98. The van der Waals surface area contributed by atoms with Crippen molar-refractivity contribution in [2.24, 2.45) is 0 Å². The van der Waals surface area contributed by atoms with Crippen LogP contribution in [0.1, 0.15) is 5.56 Å². The predicted octanol–water partition coefficient (Wildman–Crippen LogP) is 5.11. The highest BCUT2D eigenvalue weighted by molar-refractivity contribution is 7.92. The number of carbonyl (C=O) groups excluding carboxylic acids is 1. The molecule has 0 unspecified atom stereocenters. The normalized spacial score (nSPS) is 11.2. The second kappa shape index (κ2) is 9.30. The van der Waals surface area contributed by atoms with Crippen molar-refractivity contribution < 1.29 is 22.3 Å². The third-order valence-corrected chi connectivity index (χ3v) is 6.35. The van der Waals surface area contributed by atoms with E-state index in [9.17, 15) is 17.6 Å². The lowest BCUT2D eigenvalue weighted by Gasteiger charge is -2.13. The summed E-state index contributed by atoms with van der Waals surface area (Å²) in [7, 11) is -3.87. The van der Waals surface area contributed by atoms with Crippen molar-refractivity contribution in [3.8, 4) is 5.75 Å². The smallest absolute Gasteiger partial charge is 0.262 e. The van der Waals surface area contributed by atoms with Crippen molar-refractivity contribution in [1.82, 2.24) is 0 Å². The molecule has 4 aromatic carbocycles. The first-order valence-electron chi connectivity index (χ1n) is 10.1. The SMILES string of the molecule is Cc1cc(S(=O)(=O)Nc2ccc(F)cc2)ccc1OCC(=O)Nc1cccc2ccccc12. The van der Waals surface area contributed by atoms with Crippen molar-refractivity contribution in [2.45, 2.75) is 11.8 Å². The number of fused-ring (bicyclic) bond motifs is 1. The molecule has 4 rings (SSSR count). The first kappa shape index (κ1) is 22.3. The third kappa shape index (κ3) is 5.30. The molecule has 168 valence electrons. The van der Waals surface area contributed by atoms with Gasteiger partial charge in [-0.2, -0.15) is 0 Å². The highest BCUT2D eigenvalue weighted by atomic mass is 32.2. The molecule has 0 saturated carbocycles. The molecule has 6 nitrogen and oxygen atoms in total. The number of halogens is 1. The summed E-state index contributed by atoms with van der Waals surface area (Å²) >= 11 is 0. The van der Waals surface area contributed by atoms with E-state index >= 15 is 0 Å². The minimum absolute atomic E-state index is 0.0249. The Morgan fingerprint density at radius 2 is 1.67 bits per heavy atom. The van der Waals surface area contributed by atoms with Gasteiger partial charge >= 0.3 is 0 Å². The van der Waals surface area contributed by atoms with E-state index in [1.165, 1.54) is 42.5 Å². The van der Waals surface area contributed by atoms with Crippen LogP contribution in [0.4, 0.5) is 15.8 Å². The summed E-state index contributed by atoms with van der Waals surface area (Å²) in [5.41, 5.74) is 1.49. The van der Waals surface area contributed by atoms with Crippen LogP contribution in [0.15, 0.2) is 89.8 Å². The van der Waals surface area contributed by atoms with Crippen LogP contribution in [0, 0.1) is 12.7 Å². The number of sulfonamides is 1. The molecule has 0 aliphatic carbocycles. The zero-order valence-corrected chi connectivity index (χ0v) is 18.5. The van der Waals surface area contributed by atoms with Gasteiger partial charge in [-0.1, -0.05) is 36.4 Å². The number of benzene rings is 4. The number of ether oxygens (including phenoxy) is 1. The molecule has 33 heavy (non-hydrogen) atoms. The lowest BCUT2D eigenvalue weighted by Crippen LogP contribution is -2.20. The summed E-state index contributed by atoms with van der Waals surface area (Å²) in [5, 5.41) is 4.78. The fraction of sp³-hybridized carbons (Fsp3) is 0.0800. The molecule has 1 amide bonds. The summed E-state index contributed by atoms with van der Waals surface area (Å²) in [4.78, 5) is 12.5. The molecule has 0 heterocycles. The summed E-state index contributed by atoms with van der Waals surface area (Å²) in [6.45, 7) is 1.46. The Labute approximate surface area is 191 Å². The van der Waals surface area contributed by atoms with Crippen molar-refractivity contribution in [2.75, 3.05) is 16.6 Å². The molecule has 0 aliphatic heterocycles. The van der Waals surface area contributed by atoms with Crippen LogP contribution < -0.4 is 14.8 Å². The second-order valence-corrected chi connectivity index (χ2v) is 9.09. The summed E-state index contributed by atoms with van der Waals surface area (Å²) in [6, 6.07) is 22.7. The summed E-state index contributed by atoms with van der Waals surface area (Å²) < 4.78 is 46.3. The Morgan fingerprint density at radius 3 is 2.42 bits per heavy atom. The van der Waals surface area contributed by atoms with Gasteiger partial charge in [-0.05, 0) is 66.4 Å². The first-order chi connectivity index (χ1) is 15.8. The van der Waals surface area contributed by atoms with E-state index in [1.54, 1.807) is 6.92 Å². The van der Waals surface area contributed by atoms with Crippen LogP contribution in [-0.4, -0.2) is 20.9 Å². The maximum atomic E-state index is 13.0. The quantitative estimate of drug-likeness (QED) is 0.398. The van der Waals surface area contributed by atoms with E-state index < -0.39 is 15.8 Å². The van der Waals surface area contributed by atoms with Crippen LogP contribution in [0.3, 0.4) is 0 Å². The van der Waals surface area contributed by atoms with Gasteiger partial charge in [0.15, 0.2) is 6.61 Å². The van der Waals surface area contributed by atoms with E-state index in [0.717, 1.165) is 10.8 Å². The van der Waals surface area contributed by atoms with Gasteiger partial charge in [-0.3, -0.25) is 9.52 Å². The van der Waals surface area contributed by atoms with Gasteiger partial charge in [0.2, 0.25) is 0 Å². The van der Waals surface area contributed by atoms with Gasteiger partial charge in [0.05, 0.1) is 4.90 Å². The van der Waals surface area contributed by atoms with E-state index in [0.29, 0.717) is 17.0 Å². The molecule has 0 aromatic heterocycles. The zero-order valence-electron chi connectivity index (χ0n) is 17.7. The number of amides is 1. The standard InChI is InChI=1S/C25H21FN2O4S/c1-17-15-21(33(30,31)28-20-11-9-19(26)10-12-20)13-14-24(17)32-16-25(29)27-23-8-4-6-18-5-2-3-7-22(18)23/h2-15,28H,16H2,1H3,(H,27,29). The number of carbonyl (C=O) groups is 1. The van der Waals surface area contributed by atoms with Gasteiger partial charge in [-0.25, -0.2) is 12.8 Å². The minimum Gasteiger partial charge on any atom is -0.483 e. The Hall–Kier alpha value is -3.91. The summed E-state index contributed by atoms with van der Waals surface area (Å²) in [5.74, 6) is -0.399. The van der Waals surface area contributed by atoms with Crippen molar-refractivity contribution in [1.29, 1.82) is 0 Å². The second-order valence-electron chi connectivity index (χ2n) is 7.40. The molecule has 8 heteroatoms. The number of aryl methyl sites for hydroxylation is 1.